The van der Waals surface area contributed by atoms with E-state index < -0.39 is 6.36 Å². The number of aliphatic hydroxyl groups is 1. The molecule has 0 unspecified atom stereocenters. The Morgan fingerprint density at radius 1 is 1.21 bits per heavy atom. The van der Waals surface area contributed by atoms with Gasteiger partial charge in [0.2, 0.25) is 0 Å². The number of rotatable bonds is 4. The molecule has 1 aromatic carbocycles. The average molecular weight is 273 g/mol. The number of nitrogens with zero attached hydrogens (tertiary/aromatic N) is 1. The second-order valence-corrected chi connectivity index (χ2v) is 3.67. The van der Waals surface area contributed by atoms with E-state index in [-0.39, 0.29) is 18.8 Å². The zero-order valence-electron chi connectivity index (χ0n) is 9.65. The molecule has 0 amide bonds. The lowest BCUT2D eigenvalue weighted by molar-refractivity contribution is -0.274. The van der Waals surface area contributed by atoms with E-state index in [4.69, 9.17) is 9.52 Å². The molecule has 0 radical (unpaired) electrons. The lowest BCUT2D eigenvalue weighted by atomic mass is 10.2. The van der Waals surface area contributed by atoms with Crippen LogP contribution in [0.4, 0.5) is 13.2 Å². The molecule has 0 atom stereocenters. The van der Waals surface area contributed by atoms with Gasteiger partial charge < -0.3 is 14.3 Å². The van der Waals surface area contributed by atoms with Crippen LogP contribution in [0.5, 0.6) is 5.75 Å². The molecule has 2 aromatic rings. The highest BCUT2D eigenvalue weighted by Crippen LogP contribution is 2.26. The van der Waals surface area contributed by atoms with Gasteiger partial charge in [-0.15, -0.1) is 13.2 Å². The van der Waals surface area contributed by atoms with Crippen molar-refractivity contribution in [2.24, 2.45) is 0 Å². The van der Waals surface area contributed by atoms with Crippen LogP contribution in [0.3, 0.4) is 0 Å². The van der Waals surface area contributed by atoms with Crippen LogP contribution >= 0.6 is 0 Å². The Bertz CT molecular complexity index is 534. The molecule has 4 nitrogen and oxygen atoms in total. The summed E-state index contributed by atoms with van der Waals surface area (Å²) in [6.45, 7) is -0.0850. The van der Waals surface area contributed by atoms with E-state index in [2.05, 4.69) is 9.72 Å². The Labute approximate surface area is 106 Å². The van der Waals surface area contributed by atoms with Gasteiger partial charge in [0.1, 0.15) is 17.7 Å². The number of alkyl halides is 3. The molecule has 102 valence electrons. The van der Waals surface area contributed by atoms with E-state index in [1.165, 1.54) is 30.5 Å². The fraction of sp³-hybridized carbons (Fsp3) is 0.250. The number of halogens is 3. The van der Waals surface area contributed by atoms with E-state index >= 15 is 0 Å². The van der Waals surface area contributed by atoms with Crippen LogP contribution in [0.25, 0.3) is 11.3 Å². The summed E-state index contributed by atoms with van der Waals surface area (Å²) in [5.74, 6) is 0.0726. The molecule has 0 saturated heterocycles. The quantitative estimate of drug-likeness (QED) is 0.930. The molecule has 0 saturated carbocycles. The third-order valence-corrected chi connectivity index (χ3v) is 2.26. The van der Waals surface area contributed by atoms with Gasteiger partial charge in [-0.3, -0.25) is 0 Å². The first-order valence-corrected chi connectivity index (χ1v) is 5.39. The van der Waals surface area contributed by atoms with E-state index in [0.29, 0.717) is 17.1 Å². The predicted octanol–water partition coefficient (Wildman–Crippen LogP) is 2.78. The summed E-state index contributed by atoms with van der Waals surface area (Å²) in [5.41, 5.74) is 1.09. The summed E-state index contributed by atoms with van der Waals surface area (Å²) in [4.78, 5) is 4.08. The molecule has 0 aliphatic rings. The fourth-order valence-electron chi connectivity index (χ4n) is 1.48. The summed E-state index contributed by atoms with van der Waals surface area (Å²) < 4.78 is 44.8. The number of benzene rings is 1. The van der Waals surface area contributed by atoms with Gasteiger partial charge in [0.15, 0.2) is 5.89 Å². The maximum Gasteiger partial charge on any atom is 0.573 e. The molecule has 19 heavy (non-hydrogen) atoms. The molecule has 0 bridgehead atoms. The van der Waals surface area contributed by atoms with Gasteiger partial charge in [-0.05, 0) is 24.3 Å². The Kier molecular flexibility index (Phi) is 3.75. The van der Waals surface area contributed by atoms with E-state index in [1.54, 1.807) is 0 Å². The Hall–Kier alpha value is -2.02. The highest BCUT2D eigenvalue weighted by Gasteiger charge is 2.30. The van der Waals surface area contributed by atoms with Gasteiger partial charge in [-0.25, -0.2) is 4.98 Å². The highest BCUT2D eigenvalue weighted by molar-refractivity contribution is 5.58. The lowest BCUT2D eigenvalue weighted by Gasteiger charge is -2.08. The van der Waals surface area contributed by atoms with Gasteiger partial charge >= 0.3 is 6.36 Å². The molecule has 1 N–H and O–H groups in total. The smallest absolute Gasteiger partial charge is 0.448 e. The monoisotopic (exact) mass is 273 g/mol. The van der Waals surface area contributed by atoms with E-state index in [9.17, 15) is 13.2 Å². The molecule has 0 aliphatic heterocycles. The van der Waals surface area contributed by atoms with Crippen molar-refractivity contribution in [2.75, 3.05) is 6.61 Å². The number of ether oxygens (including phenoxy) is 1. The lowest BCUT2D eigenvalue weighted by Crippen LogP contribution is -2.16. The second kappa shape index (κ2) is 5.31. The van der Waals surface area contributed by atoms with Crippen molar-refractivity contribution in [1.29, 1.82) is 0 Å². The number of hydrogen-bond acceptors (Lipinski definition) is 4. The molecule has 2 rings (SSSR count). The van der Waals surface area contributed by atoms with Gasteiger partial charge in [0, 0.05) is 12.0 Å². The normalized spacial score (nSPS) is 11.6. The van der Waals surface area contributed by atoms with Crippen molar-refractivity contribution in [3.8, 4) is 17.0 Å². The third-order valence-electron chi connectivity index (χ3n) is 2.26. The van der Waals surface area contributed by atoms with Crippen LogP contribution in [-0.2, 0) is 6.42 Å². The summed E-state index contributed by atoms with van der Waals surface area (Å²) in [6.07, 6.45) is -3.04. The van der Waals surface area contributed by atoms with Crippen LogP contribution in [0.15, 0.2) is 34.9 Å². The first-order chi connectivity index (χ1) is 8.98. The first kappa shape index (κ1) is 13.4. The fourth-order valence-corrected chi connectivity index (χ4v) is 1.48. The van der Waals surface area contributed by atoms with Crippen molar-refractivity contribution in [2.45, 2.75) is 12.8 Å². The summed E-state index contributed by atoms with van der Waals surface area (Å²) in [7, 11) is 0. The number of hydrogen-bond donors (Lipinski definition) is 1. The Morgan fingerprint density at radius 3 is 2.47 bits per heavy atom. The van der Waals surface area contributed by atoms with Gasteiger partial charge in [-0.1, -0.05) is 0 Å². The summed E-state index contributed by atoms with van der Waals surface area (Å²) in [6, 6.07) is 5.29. The van der Waals surface area contributed by atoms with E-state index in [0.717, 1.165) is 0 Å². The van der Waals surface area contributed by atoms with Crippen molar-refractivity contribution in [3.05, 3.63) is 36.4 Å². The molecule has 7 heteroatoms. The molecular formula is C12H10F3NO3. The number of aliphatic hydroxyl groups excluding tert-OH is 1. The zero-order valence-corrected chi connectivity index (χ0v) is 9.65. The number of oxazole rings is 1. The molecule has 0 aliphatic carbocycles. The number of aromatic nitrogens is 1. The Balaban J connectivity index is 2.13. The topological polar surface area (TPSA) is 55.5 Å². The largest absolute Gasteiger partial charge is 0.573 e. The van der Waals surface area contributed by atoms with Crippen molar-refractivity contribution in [1.82, 2.24) is 4.98 Å². The molecular weight excluding hydrogens is 263 g/mol. The minimum Gasteiger partial charge on any atom is -0.448 e. The molecule has 1 aromatic heterocycles. The predicted molar refractivity (Wildman–Crippen MR) is 59.4 cm³/mol. The van der Waals surface area contributed by atoms with Gasteiger partial charge in [-0.2, -0.15) is 0 Å². The van der Waals surface area contributed by atoms with Crippen LogP contribution in [0.1, 0.15) is 5.89 Å². The SMILES string of the molecule is OCCc1nc(-c2ccc(OC(F)(F)F)cc2)co1. The van der Waals surface area contributed by atoms with Gasteiger partial charge in [0.05, 0.1) is 6.61 Å². The van der Waals surface area contributed by atoms with Crippen molar-refractivity contribution < 1.29 is 27.4 Å². The van der Waals surface area contributed by atoms with Crippen LogP contribution in [-0.4, -0.2) is 23.1 Å². The maximum atomic E-state index is 12.0. The molecule has 1 heterocycles. The standard InChI is InChI=1S/C12H10F3NO3/c13-12(14,15)19-9-3-1-8(2-4-9)10-7-18-11(16-10)5-6-17/h1-4,7,17H,5-6H2. The zero-order chi connectivity index (χ0) is 13.9. The third kappa shape index (κ3) is 3.72. The maximum absolute atomic E-state index is 12.0. The van der Waals surface area contributed by atoms with Gasteiger partial charge in [0.25, 0.3) is 0 Å². The highest BCUT2D eigenvalue weighted by atomic mass is 19.4. The van der Waals surface area contributed by atoms with Crippen LogP contribution < -0.4 is 4.74 Å². The minimum atomic E-state index is -4.70. The molecule has 0 spiro atoms. The van der Waals surface area contributed by atoms with Crippen LogP contribution in [0.2, 0.25) is 0 Å². The second-order valence-electron chi connectivity index (χ2n) is 3.67. The van der Waals surface area contributed by atoms with Crippen molar-refractivity contribution >= 4 is 0 Å². The summed E-state index contributed by atoms with van der Waals surface area (Å²) >= 11 is 0. The van der Waals surface area contributed by atoms with Crippen LogP contribution in [0, 0.1) is 0 Å². The minimum absolute atomic E-state index is 0.0850. The molecule has 0 fully saturated rings. The first-order valence-electron chi connectivity index (χ1n) is 5.39. The Morgan fingerprint density at radius 2 is 1.89 bits per heavy atom. The average Bonchev–Trinajstić information content (AvgIpc) is 2.77. The summed E-state index contributed by atoms with van der Waals surface area (Å²) in [5, 5.41) is 8.72. The van der Waals surface area contributed by atoms with Crippen molar-refractivity contribution in [3.63, 3.8) is 0 Å². The van der Waals surface area contributed by atoms with E-state index in [1.807, 2.05) is 0 Å².